The molecule has 154 valence electrons. The van der Waals surface area contributed by atoms with E-state index in [1.165, 1.54) is 12.5 Å². The average Bonchev–Trinajstić information content (AvgIpc) is 3.01. The van der Waals surface area contributed by atoms with Crippen LogP contribution >= 0.6 is 0 Å². The fourth-order valence-corrected chi connectivity index (χ4v) is 4.22. The van der Waals surface area contributed by atoms with Crippen LogP contribution in [0.4, 0.5) is 5.69 Å². The maximum absolute atomic E-state index is 13.1. The van der Waals surface area contributed by atoms with Crippen LogP contribution in [0.1, 0.15) is 12.8 Å². The molecule has 1 unspecified atom stereocenters. The lowest BCUT2D eigenvalue weighted by molar-refractivity contribution is -0.121. The normalized spacial score (nSPS) is 18.2. The molecule has 2 bridgehead atoms. The number of benzene rings is 1. The first-order chi connectivity index (χ1) is 14.5. The third kappa shape index (κ3) is 2.99. The van der Waals surface area contributed by atoms with Crippen molar-refractivity contribution in [2.45, 2.75) is 24.5 Å². The summed E-state index contributed by atoms with van der Waals surface area (Å²) >= 11 is -1.39. The van der Waals surface area contributed by atoms with Gasteiger partial charge in [-0.2, -0.15) is 9.97 Å². The molecule has 5 rings (SSSR count). The third-order valence-electron chi connectivity index (χ3n) is 5.24. The Morgan fingerprint density at radius 3 is 2.93 bits per heavy atom. The monoisotopic (exact) mass is 425 g/mol. The summed E-state index contributed by atoms with van der Waals surface area (Å²) in [4.78, 5) is 35.8. The largest absolute Gasteiger partial charge is 0.609 e. The molecule has 2 aliphatic heterocycles. The summed E-state index contributed by atoms with van der Waals surface area (Å²) in [5.41, 5.74) is 1.47. The van der Waals surface area contributed by atoms with Gasteiger partial charge < -0.3 is 14.2 Å². The minimum absolute atomic E-state index is 0.0121. The van der Waals surface area contributed by atoms with Crippen molar-refractivity contribution < 1.29 is 14.1 Å². The Bertz CT molecular complexity index is 1250. The van der Waals surface area contributed by atoms with E-state index in [0.29, 0.717) is 41.2 Å². The van der Waals surface area contributed by atoms with Gasteiger partial charge in [-0.25, -0.2) is 9.36 Å². The van der Waals surface area contributed by atoms with Gasteiger partial charge in [0.1, 0.15) is 17.4 Å². The highest BCUT2D eigenvalue weighted by Gasteiger charge is 2.27. The Labute approximate surface area is 174 Å². The van der Waals surface area contributed by atoms with E-state index in [1.807, 2.05) is 24.3 Å². The highest BCUT2D eigenvalue weighted by atomic mass is 32.2. The van der Waals surface area contributed by atoms with E-state index in [-0.39, 0.29) is 23.2 Å². The van der Waals surface area contributed by atoms with Gasteiger partial charge in [0.15, 0.2) is 12.3 Å². The molecule has 0 spiro atoms. The summed E-state index contributed by atoms with van der Waals surface area (Å²) in [6.45, 7) is 0.956. The Morgan fingerprint density at radius 1 is 1.23 bits per heavy atom. The molecule has 3 aromatic rings. The van der Waals surface area contributed by atoms with E-state index in [2.05, 4.69) is 9.97 Å². The highest BCUT2D eigenvalue weighted by molar-refractivity contribution is 7.90. The SMILES string of the molecule is C[S+]([O-])c1ncc2c(=O)n3n(c2n1)-c1ccc2c(c1)N(CCC/C=C\C3)C(=O)CO2. The van der Waals surface area contributed by atoms with Crippen LogP contribution in [0, 0.1) is 0 Å². The number of anilines is 1. The molecular formula is C20H19N5O4S. The zero-order valence-corrected chi connectivity index (χ0v) is 17.1. The van der Waals surface area contributed by atoms with Crippen molar-refractivity contribution in [3.05, 3.63) is 46.9 Å². The quantitative estimate of drug-likeness (QED) is 0.331. The smallest absolute Gasteiger partial charge is 0.344 e. The summed E-state index contributed by atoms with van der Waals surface area (Å²) in [6, 6.07) is 5.45. The topological polar surface area (TPSA) is 105 Å². The van der Waals surface area contributed by atoms with E-state index < -0.39 is 11.2 Å². The van der Waals surface area contributed by atoms with Crippen molar-refractivity contribution in [1.29, 1.82) is 0 Å². The van der Waals surface area contributed by atoms with E-state index in [4.69, 9.17) is 4.74 Å². The average molecular weight is 425 g/mol. The minimum atomic E-state index is -1.39. The molecule has 0 N–H and O–H groups in total. The van der Waals surface area contributed by atoms with Crippen molar-refractivity contribution >= 4 is 33.8 Å². The van der Waals surface area contributed by atoms with E-state index in [9.17, 15) is 14.1 Å². The minimum Gasteiger partial charge on any atom is -0.609 e. The van der Waals surface area contributed by atoms with E-state index in [1.54, 1.807) is 20.3 Å². The fourth-order valence-electron chi connectivity index (χ4n) is 3.81. The molecule has 30 heavy (non-hydrogen) atoms. The maximum Gasteiger partial charge on any atom is 0.344 e. The van der Waals surface area contributed by atoms with Gasteiger partial charge in [0.25, 0.3) is 11.5 Å². The Balaban J connectivity index is 1.81. The number of ether oxygens (including phenoxy) is 1. The van der Waals surface area contributed by atoms with Crippen LogP contribution in [0.25, 0.3) is 16.7 Å². The molecule has 1 aromatic carbocycles. The van der Waals surface area contributed by atoms with Crippen molar-refractivity contribution in [3.8, 4) is 11.4 Å². The molecule has 0 radical (unpaired) electrons. The first-order valence-electron chi connectivity index (χ1n) is 9.59. The molecule has 1 atom stereocenters. The number of rotatable bonds is 1. The van der Waals surface area contributed by atoms with Crippen LogP contribution in [-0.4, -0.2) is 49.2 Å². The van der Waals surface area contributed by atoms with Crippen LogP contribution in [-0.2, 0) is 22.5 Å². The number of amides is 1. The molecule has 2 aliphatic rings. The predicted molar refractivity (Wildman–Crippen MR) is 112 cm³/mol. The lowest BCUT2D eigenvalue weighted by Crippen LogP contribution is -2.39. The maximum atomic E-state index is 13.1. The van der Waals surface area contributed by atoms with E-state index >= 15 is 0 Å². The number of fused-ring (bicyclic) bond motifs is 5. The fraction of sp³-hybridized carbons (Fsp3) is 0.300. The van der Waals surface area contributed by atoms with Gasteiger partial charge in [0.2, 0.25) is 0 Å². The molecule has 0 saturated carbocycles. The molecular weight excluding hydrogens is 406 g/mol. The van der Waals surface area contributed by atoms with Gasteiger partial charge >= 0.3 is 5.16 Å². The van der Waals surface area contributed by atoms with Gasteiger partial charge in [0, 0.05) is 17.7 Å². The molecule has 0 aliphatic carbocycles. The summed E-state index contributed by atoms with van der Waals surface area (Å²) in [7, 11) is 0. The van der Waals surface area contributed by atoms with Crippen molar-refractivity contribution in [1.82, 2.24) is 19.3 Å². The molecule has 9 nitrogen and oxygen atoms in total. The number of hydrogen-bond acceptors (Lipinski definition) is 6. The van der Waals surface area contributed by atoms with Crippen molar-refractivity contribution in [2.75, 3.05) is 24.3 Å². The zero-order valence-electron chi connectivity index (χ0n) is 16.3. The van der Waals surface area contributed by atoms with Gasteiger partial charge in [-0.3, -0.25) is 9.59 Å². The Hall–Kier alpha value is -3.11. The number of carbonyl (C=O) groups excluding carboxylic acids is 1. The van der Waals surface area contributed by atoms with Crippen LogP contribution < -0.4 is 15.2 Å². The zero-order chi connectivity index (χ0) is 20.8. The number of carbonyl (C=O) groups is 1. The molecule has 1 amide bonds. The molecule has 4 heterocycles. The van der Waals surface area contributed by atoms with Crippen LogP contribution in [0.3, 0.4) is 0 Å². The van der Waals surface area contributed by atoms with Crippen LogP contribution in [0.2, 0.25) is 0 Å². The first-order valence-corrected chi connectivity index (χ1v) is 11.1. The summed E-state index contributed by atoms with van der Waals surface area (Å²) in [5.74, 6) is 0.530. The highest BCUT2D eigenvalue weighted by Crippen LogP contribution is 2.35. The lowest BCUT2D eigenvalue weighted by atomic mass is 10.1. The van der Waals surface area contributed by atoms with Gasteiger partial charge in [0.05, 0.1) is 24.1 Å². The predicted octanol–water partition coefficient (Wildman–Crippen LogP) is 1.40. The number of aromatic nitrogens is 4. The summed E-state index contributed by atoms with van der Waals surface area (Å²) < 4.78 is 20.8. The van der Waals surface area contributed by atoms with Crippen molar-refractivity contribution in [2.24, 2.45) is 0 Å². The Kier molecular flexibility index (Phi) is 4.59. The second-order valence-corrected chi connectivity index (χ2v) is 8.42. The second-order valence-electron chi connectivity index (χ2n) is 7.14. The Morgan fingerprint density at radius 2 is 2.10 bits per heavy atom. The van der Waals surface area contributed by atoms with Gasteiger partial charge in [-0.1, -0.05) is 12.2 Å². The molecule has 0 fully saturated rings. The van der Waals surface area contributed by atoms with Crippen LogP contribution in [0.15, 0.2) is 46.5 Å². The molecule has 2 aromatic heterocycles. The summed E-state index contributed by atoms with van der Waals surface area (Å²) in [6.07, 6.45) is 8.45. The standard InChI is InChI=1S/C20H19N5O4S/c1-30(28)20-21-11-14-18(22-20)25-13-6-7-16-15(10-13)23(17(26)12-29-16)8-4-2-3-5-9-24(25)19(14)27/h3,5-7,10-11H,2,4,8-9,12H2,1H3/b5-3-. The third-order valence-corrected chi connectivity index (χ3v) is 5.95. The number of hydrogen-bond donors (Lipinski definition) is 0. The number of nitrogens with zero attached hydrogens (tertiary/aromatic N) is 5. The first kappa shape index (κ1) is 18.9. The lowest BCUT2D eigenvalue weighted by Gasteiger charge is -2.30. The van der Waals surface area contributed by atoms with Gasteiger partial charge in [-0.15, -0.1) is 0 Å². The number of allylic oxidation sites excluding steroid dienone is 2. The van der Waals surface area contributed by atoms with Crippen molar-refractivity contribution in [3.63, 3.8) is 0 Å². The summed E-state index contributed by atoms with van der Waals surface area (Å²) in [5, 5.41) is 0.498. The van der Waals surface area contributed by atoms with E-state index in [0.717, 1.165) is 12.8 Å². The molecule has 0 saturated heterocycles. The second kappa shape index (κ2) is 7.29. The molecule has 10 heteroatoms. The van der Waals surface area contributed by atoms with Crippen LogP contribution in [0.5, 0.6) is 5.75 Å². The van der Waals surface area contributed by atoms with Gasteiger partial charge in [-0.05, 0) is 31.0 Å².